The molecule has 4 aromatic rings. The second-order valence-electron chi connectivity index (χ2n) is 6.69. The molecule has 3 aromatic heterocycles. The van der Waals surface area contributed by atoms with E-state index in [9.17, 15) is 14.4 Å². The van der Waals surface area contributed by atoms with Gasteiger partial charge in [-0.05, 0) is 35.7 Å². The molecule has 0 saturated carbocycles. The number of nitrogens with one attached hydrogen (secondary N) is 2. The van der Waals surface area contributed by atoms with Gasteiger partial charge in [-0.25, -0.2) is 4.98 Å². The molecule has 0 atom stereocenters. The zero-order valence-corrected chi connectivity index (χ0v) is 17.2. The fraction of sp³-hybridized carbons (Fsp3) is 0.0870. The lowest BCUT2D eigenvalue weighted by Crippen LogP contribution is -2.41. The lowest BCUT2D eigenvalue weighted by Gasteiger charge is -2.11. The van der Waals surface area contributed by atoms with Gasteiger partial charge in [0.05, 0.1) is 27.3 Å². The summed E-state index contributed by atoms with van der Waals surface area (Å²) in [5.74, 6) is -1.02. The number of carbonyl (C=O) groups excluding carboxylic acids is 3. The molecule has 2 amide bonds. The summed E-state index contributed by atoms with van der Waals surface area (Å²) >= 11 is 1.34. The first kappa shape index (κ1) is 20.4. The van der Waals surface area contributed by atoms with E-state index in [-0.39, 0.29) is 18.6 Å². The van der Waals surface area contributed by atoms with Crippen LogP contribution >= 0.6 is 11.3 Å². The maximum atomic E-state index is 12.8. The number of hydrogen-bond donors (Lipinski definition) is 2. The van der Waals surface area contributed by atoms with Crippen LogP contribution in [0.15, 0.2) is 72.2 Å². The van der Waals surface area contributed by atoms with Gasteiger partial charge in [-0.15, -0.1) is 11.3 Å². The van der Waals surface area contributed by atoms with Gasteiger partial charge >= 0.3 is 0 Å². The first-order valence-electron chi connectivity index (χ1n) is 9.59. The summed E-state index contributed by atoms with van der Waals surface area (Å²) in [6.45, 7) is 0. The Morgan fingerprint density at radius 2 is 1.71 bits per heavy atom. The number of nitrogens with zero attached hydrogens (tertiary/aromatic N) is 2. The number of hydrogen-bond acceptors (Lipinski definition) is 6. The van der Waals surface area contributed by atoms with Crippen LogP contribution in [0.1, 0.15) is 32.9 Å². The minimum atomic E-state index is -0.478. The van der Waals surface area contributed by atoms with Crippen molar-refractivity contribution in [3.05, 3.63) is 82.7 Å². The molecule has 0 spiro atoms. The molecule has 0 aliphatic rings. The van der Waals surface area contributed by atoms with Crippen molar-refractivity contribution in [3.8, 4) is 11.4 Å². The molecule has 0 unspecified atom stereocenters. The standard InChI is InChI=1S/C23H18N4O3S/c28-20(21-9-5-13-31-21)10-11-22(29)26-27-23(30)16-14-19(18-8-3-4-12-24-18)25-17-7-2-1-6-15(16)17/h1-9,12-14H,10-11H2,(H,26,29)(H,27,30). The normalized spacial score (nSPS) is 10.6. The molecule has 2 N–H and O–H groups in total. The van der Waals surface area contributed by atoms with Gasteiger partial charge in [0, 0.05) is 24.4 Å². The predicted molar refractivity (Wildman–Crippen MR) is 118 cm³/mol. The average Bonchev–Trinajstić information content (AvgIpc) is 3.36. The maximum Gasteiger partial charge on any atom is 0.270 e. The van der Waals surface area contributed by atoms with E-state index in [1.54, 1.807) is 36.5 Å². The number of fused-ring (bicyclic) bond motifs is 1. The topological polar surface area (TPSA) is 101 Å². The highest BCUT2D eigenvalue weighted by Gasteiger charge is 2.16. The molecule has 8 heteroatoms. The highest BCUT2D eigenvalue weighted by molar-refractivity contribution is 7.12. The Balaban J connectivity index is 1.47. The number of rotatable bonds is 6. The van der Waals surface area contributed by atoms with Gasteiger partial charge in [0.25, 0.3) is 5.91 Å². The largest absolute Gasteiger partial charge is 0.293 e. The monoisotopic (exact) mass is 430 g/mol. The predicted octanol–water partition coefficient (Wildman–Crippen LogP) is 3.78. The summed E-state index contributed by atoms with van der Waals surface area (Å²) in [5, 5.41) is 2.47. The van der Waals surface area contributed by atoms with Crippen molar-refractivity contribution in [1.29, 1.82) is 0 Å². The van der Waals surface area contributed by atoms with Gasteiger partial charge < -0.3 is 0 Å². The summed E-state index contributed by atoms with van der Waals surface area (Å²) in [6.07, 6.45) is 1.71. The smallest absolute Gasteiger partial charge is 0.270 e. The van der Waals surface area contributed by atoms with Crippen LogP contribution in [0.2, 0.25) is 0 Å². The fourth-order valence-electron chi connectivity index (χ4n) is 3.05. The van der Waals surface area contributed by atoms with Crippen LogP contribution < -0.4 is 10.9 Å². The fourth-order valence-corrected chi connectivity index (χ4v) is 3.75. The molecule has 1 aromatic carbocycles. The molecule has 0 fully saturated rings. The Labute approximate surface area is 182 Å². The molecule has 0 bridgehead atoms. The Bertz CT molecular complexity index is 1240. The quantitative estimate of drug-likeness (QED) is 0.358. The highest BCUT2D eigenvalue weighted by atomic mass is 32.1. The summed E-state index contributed by atoms with van der Waals surface area (Å²) in [5.41, 5.74) is 7.01. The van der Waals surface area contributed by atoms with Crippen LogP contribution in [0.3, 0.4) is 0 Å². The number of ketones is 1. The first-order valence-corrected chi connectivity index (χ1v) is 10.5. The highest BCUT2D eigenvalue weighted by Crippen LogP contribution is 2.23. The summed E-state index contributed by atoms with van der Waals surface area (Å²) < 4.78 is 0. The number of amides is 2. The van der Waals surface area contributed by atoms with E-state index in [0.29, 0.717) is 32.7 Å². The van der Waals surface area contributed by atoms with Crippen LogP contribution in [-0.4, -0.2) is 27.6 Å². The van der Waals surface area contributed by atoms with E-state index >= 15 is 0 Å². The lowest BCUT2D eigenvalue weighted by atomic mass is 10.1. The molecule has 0 aliphatic heterocycles. The first-order chi connectivity index (χ1) is 15.1. The Hall–Kier alpha value is -3.91. The zero-order valence-electron chi connectivity index (χ0n) is 16.4. The number of pyridine rings is 2. The van der Waals surface area contributed by atoms with Gasteiger partial charge in [-0.2, -0.15) is 0 Å². The van der Waals surface area contributed by atoms with Crippen molar-refractivity contribution in [3.63, 3.8) is 0 Å². The molecular weight excluding hydrogens is 412 g/mol. The molecule has 7 nitrogen and oxygen atoms in total. The van der Waals surface area contributed by atoms with Crippen LogP contribution in [0.4, 0.5) is 0 Å². The van der Waals surface area contributed by atoms with Crippen molar-refractivity contribution >= 4 is 39.8 Å². The number of hydrazine groups is 1. The second-order valence-corrected chi connectivity index (χ2v) is 7.64. The average molecular weight is 430 g/mol. The molecular formula is C23H18N4O3S. The van der Waals surface area contributed by atoms with Crippen LogP contribution in [-0.2, 0) is 4.79 Å². The number of aromatic nitrogens is 2. The molecule has 0 aliphatic carbocycles. The maximum absolute atomic E-state index is 12.8. The van der Waals surface area contributed by atoms with E-state index in [1.165, 1.54) is 11.3 Å². The third-order valence-corrected chi connectivity index (χ3v) is 5.49. The molecule has 4 rings (SSSR count). The molecule has 154 valence electrons. The van der Waals surface area contributed by atoms with Crippen molar-refractivity contribution in [2.75, 3.05) is 0 Å². The number of para-hydroxylation sites is 1. The van der Waals surface area contributed by atoms with E-state index in [2.05, 4.69) is 20.8 Å². The molecule has 31 heavy (non-hydrogen) atoms. The zero-order chi connectivity index (χ0) is 21.6. The third-order valence-electron chi connectivity index (χ3n) is 4.58. The van der Waals surface area contributed by atoms with Gasteiger partial charge in [0.2, 0.25) is 5.91 Å². The Morgan fingerprint density at radius 3 is 2.48 bits per heavy atom. The number of Topliss-reactive ketones (excluding diaryl/α,β-unsaturated/α-hetero) is 1. The Morgan fingerprint density at radius 1 is 0.871 bits per heavy atom. The molecule has 3 heterocycles. The lowest BCUT2D eigenvalue weighted by molar-refractivity contribution is -0.121. The minimum Gasteiger partial charge on any atom is -0.293 e. The SMILES string of the molecule is O=C(CCC(=O)c1cccs1)NNC(=O)c1cc(-c2ccccn2)nc2ccccc12. The summed E-state index contributed by atoms with van der Waals surface area (Å²) in [7, 11) is 0. The molecule has 0 radical (unpaired) electrons. The molecule has 0 saturated heterocycles. The van der Waals surface area contributed by atoms with Gasteiger partial charge in [-0.3, -0.25) is 30.2 Å². The van der Waals surface area contributed by atoms with E-state index < -0.39 is 11.8 Å². The number of thiophene rings is 1. The van der Waals surface area contributed by atoms with E-state index in [4.69, 9.17) is 0 Å². The van der Waals surface area contributed by atoms with E-state index in [0.717, 1.165) is 0 Å². The van der Waals surface area contributed by atoms with Gasteiger partial charge in [-0.1, -0.05) is 30.3 Å². The minimum absolute atomic E-state index is 0.0205. The number of carbonyl (C=O) groups is 3. The van der Waals surface area contributed by atoms with Gasteiger partial charge in [0.15, 0.2) is 5.78 Å². The van der Waals surface area contributed by atoms with Crippen LogP contribution in [0.25, 0.3) is 22.3 Å². The second kappa shape index (κ2) is 9.27. The van der Waals surface area contributed by atoms with Crippen LogP contribution in [0, 0.1) is 0 Å². The van der Waals surface area contributed by atoms with Crippen molar-refractivity contribution in [2.24, 2.45) is 0 Å². The third kappa shape index (κ3) is 4.81. The van der Waals surface area contributed by atoms with Crippen molar-refractivity contribution < 1.29 is 14.4 Å². The Kier molecular flexibility index (Phi) is 6.09. The van der Waals surface area contributed by atoms with Crippen LogP contribution in [0.5, 0.6) is 0 Å². The summed E-state index contributed by atoms with van der Waals surface area (Å²) in [4.78, 5) is 46.5. The van der Waals surface area contributed by atoms with Crippen molar-refractivity contribution in [1.82, 2.24) is 20.8 Å². The van der Waals surface area contributed by atoms with Gasteiger partial charge in [0.1, 0.15) is 0 Å². The summed E-state index contributed by atoms with van der Waals surface area (Å²) in [6, 6.07) is 17.9. The van der Waals surface area contributed by atoms with Crippen molar-refractivity contribution in [2.45, 2.75) is 12.8 Å². The van der Waals surface area contributed by atoms with E-state index in [1.807, 2.05) is 35.7 Å². The number of benzene rings is 1.